The molecule has 4 heterocycles. The summed E-state index contributed by atoms with van der Waals surface area (Å²) in [7, 11) is -1.52. The van der Waals surface area contributed by atoms with Gasteiger partial charge in [0.1, 0.15) is 17.9 Å². The lowest BCUT2D eigenvalue weighted by Gasteiger charge is -2.31. The average molecular weight is 379 g/mol. The van der Waals surface area contributed by atoms with Crippen molar-refractivity contribution in [3.8, 4) is 0 Å². The van der Waals surface area contributed by atoms with Gasteiger partial charge in [-0.3, -0.25) is 4.90 Å². The molecule has 0 aliphatic carbocycles. The van der Waals surface area contributed by atoms with Crippen molar-refractivity contribution in [3.05, 3.63) is 30.0 Å². The SMILES string of the molecule is Cn1cnnc1C1CCCN(Cc2ccc(S(=O)(=O)N3CCCC3)o2)C1. The molecule has 0 N–H and O–H groups in total. The van der Waals surface area contributed by atoms with Crippen LogP contribution < -0.4 is 0 Å². The highest BCUT2D eigenvalue weighted by atomic mass is 32.2. The Bertz CT molecular complexity index is 853. The third-order valence-electron chi connectivity index (χ3n) is 5.29. The maximum Gasteiger partial charge on any atom is 0.276 e. The van der Waals surface area contributed by atoms with E-state index in [4.69, 9.17) is 4.42 Å². The van der Waals surface area contributed by atoms with Crippen molar-refractivity contribution in [1.29, 1.82) is 0 Å². The molecular weight excluding hydrogens is 354 g/mol. The molecule has 26 heavy (non-hydrogen) atoms. The zero-order chi connectivity index (χ0) is 18.1. The zero-order valence-corrected chi connectivity index (χ0v) is 15.9. The summed E-state index contributed by atoms with van der Waals surface area (Å²) >= 11 is 0. The molecule has 0 radical (unpaired) electrons. The van der Waals surface area contributed by atoms with Gasteiger partial charge in [-0.15, -0.1) is 10.2 Å². The monoisotopic (exact) mass is 379 g/mol. The standard InChI is InChI=1S/C17H25N5O3S/c1-20-13-18-19-17(20)14-5-4-8-21(11-14)12-15-6-7-16(25-15)26(23,24)22-9-2-3-10-22/h6-7,13-14H,2-5,8-12H2,1H3. The molecule has 0 amide bonds. The molecule has 2 aliphatic heterocycles. The lowest BCUT2D eigenvalue weighted by atomic mass is 9.97. The van der Waals surface area contributed by atoms with Crippen molar-refractivity contribution in [2.24, 2.45) is 7.05 Å². The second-order valence-corrected chi connectivity index (χ2v) is 9.08. The number of nitrogens with zero attached hydrogens (tertiary/aromatic N) is 5. The van der Waals surface area contributed by atoms with Crippen LogP contribution in [0.4, 0.5) is 0 Å². The van der Waals surface area contributed by atoms with Crippen molar-refractivity contribution >= 4 is 10.0 Å². The minimum absolute atomic E-state index is 0.0660. The number of hydrogen-bond acceptors (Lipinski definition) is 6. The molecule has 2 aromatic heterocycles. The van der Waals surface area contributed by atoms with Crippen LogP contribution in [-0.2, 0) is 23.6 Å². The Morgan fingerprint density at radius 2 is 2.00 bits per heavy atom. The first-order valence-corrected chi connectivity index (χ1v) is 10.6. The van der Waals surface area contributed by atoms with E-state index in [1.807, 2.05) is 11.6 Å². The maximum absolute atomic E-state index is 12.6. The first kappa shape index (κ1) is 17.7. The maximum atomic E-state index is 12.6. The van der Waals surface area contributed by atoms with E-state index in [1.54, 1.807) is 18.5 Å². The van der Waals surface area contributed by atoms with E-state index in [2.05, 4.69) is 15.1 Å². The molecule has 1 unspecified atom stereocenters. The molecular formula is C17H25N5O3S. The summed E-state index contributed by atoms with van der Waals surface area (Å²) in [6.45, 7) is 3.64. The number of aryl methyl sites for hydroxylation is 1. The van der Waals surface area contributed by atoms with Gasteiger partial charge in [0.25, 0.3) is 10.0 Å². The molecule has 0 saturated carbocycles. The van der Waals surface area contributed by atoms with Gasteiger partial charge in [-0.2, -0.15) is 4.31 Å². The van der Waals surface area contributed by atoms with Gasteiger partial charge in [-0.1, -0.05) is 0 Å². The fourth-order valence-electron chi connectivity index (χ4n) is 3.93. The zero-order valence-electron chi connectivity index (χ0n) is 15.0. The van der Waals surface area contributed by atoms with Crippen LogP contribution in [0.1, 0.15) is 43.2 Å². The molecule has 142 valence electrons. The summed E-state index contributed by atoms with van der Waals surface area (Å²) in [5.74, 6) is 2.05. The summed E-state index contributed by atoms with van der Waals surface area (Å²) in [5, 5.41) is 8.28. The Morgan fingerprint density at radius 3 is 2.73 bits per heavy atom. The van der Waals surface area contributed by atoms with E-state index in [0.29, 0.717) is 31.3 Å². The Balaban J connectivity index is 1.43. The molecule has 2 aromatic rings. The van der Waals surface area contributed by atoms with E-state index < -0.39 is 10.0 Å². The number of likely N-dealkylation sites (tertiary alicyclic amines) is 1. The molecule has 0 spiro atoms. The summed E-state index contributed by atoms with van der Waals surface area (Å²) in [6, 6.07) is 3.38. The van der Waals surface area contributed by atoms with Crippen LogP contribution in [0.25, 0.3) is 0 Å². The van der Waals surface area contributed by atoms with E-state index in [-0.39, 0.29) is 5.09 Å². The number of sulfonamides is 1. The molecule has 4 rings (SSSR count). The third-order valence-corrected chi connectivity index (χ3v) is 7.07. The fourth-order valence-corrected chi connectivity index (χ4v) is 5.38. The van der Waals surface area contributed by atoms with Gasteiger partial charge < -0.3 is 8.98 Å². The molecule has 9 heteroatoms. The van der Waals surface area contributed by atoms with Crippen molar-refractivity contribution < 1.29 is 12.8 Å². The minimum Gasteiger partial charge on any atom is -0.447 e. The van der Waals surface area contributed by atoms with Gasteiger partial charge in [0.15, 0.2) is 0 Å². The molecule has 0 aromatic carbocycles. The normalized spacial score (nSPS) is 22.9. The predicted molar refractivity (Wildman–Crippen MR) is 95.0 cm³/mol. The topological polar surface area (TPSA) is 84.5 Å². The van der Waals surface area contributed by atoms with E-state index in [9.17, 15) is 8.42 Å². The van der Waals surface area contributed by atoms with Crippen LogP contribution in [0.3, 0.4) is 0 Å². The summed E-state index contributed by atoms with van der Waals surface area (Å²) in [5.41, 5.74) is 0. The van der Waals surface area contributed by atoms with Crippen LogP contribution in [0.5, 0.6) is 0 Å². The van der Waals surface area contributed by atoms with Crippen LogP contribution in [-0.4, -0.2) is 58.6 Å². The Hall–Kier alpha value is -1.71. The number of hydrogen-bond donors (Lipinski definition) is 0. The third kappa shape index (κ3) is 3.43. The quantitative estimate of drug-likeness (QED) is 0.784. The van der Waals surface area contributed by atoms with Crippen molar-refractivity contribution in [1.82, 2.24) is 24.0 Å². The van der Waals surface area contributed by atoms with Crippen molar-refractivity contribution in [2.45, 2.75) is 43.2 Å². The summed E-state index contributed by atoms with van der Waals surface area (Å²) in [6.07, 6.45) is 5.75. The molecule has 2 aliphatic rings. The molecule has 2 saturated heterocycles. The van der Waals surface area contributed by atoms with Gasteiger partial charge in [0, 0.05) is 32.6 Å². The summed E-state index contributed by atoms with van der Waals surface area (Å²) in [4.78, 5) is 2.30. The smallest absolute Gasteiger partial charge is 0.276 e. The van der Waals surface area contributed by atoms with Gasteiger partial charge in [-0.25, -0.2) is 8.42 Å². The Kier molecular flexibility index (Phi) is 4.85. The van der Waals surface area contributed by atoms with Gasteiger partial charge in [0.05, 0.1) is 6.54 Å². The van der Waals surface area contributed by atoms with E-state index in [1.165, 1.54) is 4.31 Å². The van der Waals surface area contributed by atoms with Crippen LogP contribution in [0, 0.1) is 0 Å². The van der Waals surface area contributed by atoms with Crippen molar-refractivity contribution in [2.75, 3.05) is 26.2 Å². The van der Waals surface area contributed by atoms with E-state index >= 15 is 0 Å². The molecule has 2 fully saturated rings. The van der Waals surface area contributed by atoms with Crippen molar-refractivity contribution in [3.63, 3.8) is 0 Å². The average Bonchev–Trinajstić information content (AvgIpc) is 3.37. The number of rotatable bonds is 5. The van der Waals surface area contributed by atoms with E-state index in [0.717, 1.165) is 44.6 Å². The second-order valence-electron chi connectivity index (χ2n) is 7.21. The summed E-state index contributed by atoms with van der Waals surface area (Å²) < 4.78 is 34.4. The second kappa shape index (κ2) is 7.13. The lowest BCUT2D eigenvalue weighted by Crippen LogP contribution is -2.34. The minimum atomic E-state index is -3.48. The fraction of sp³-hybridized carbons (Fsp3) is 0.647. The number of aromatic nitrogens is 3. The largest absolute Gasteiger partial charge is 0.447 e. The predicted octanol–water partition coefficient (Wildman–Crippen LogP) is 1.57. The Morgan fingerprint density at radius 1 is 1.19 bits per heavy atom. The first-order chi connectivity index (χ1) is 12.5. The highest BCUT2D eigenvalue weighted by Crippen LogP contribution is 2.27. The van der Waals surface area contributed by atoms with Gasteiger partial charge in [0.2, 0.25) is 5.09 Å². The van der Waals surface area contributed by atoms with Gasteiger partial charge >= 0.3 is 0 Å². The highest BCUT2D eigenvalue weighted by molar-refractivity contribution is 7.89. The molecule has 0 bridgehead atoms. The highest BCUT2D eigenvalue weighted by Gasteiger charge is 2.30. The molecule has 1 atom stereocenters. The first-order valence-electron chi connectivity index (χ1n) is 9.19. The molecule has 8 nitrogen and oxygen atoms in total. The van der Waals surface area contributed by atoms with Crippen LogP contribution in [0.2, 0.25) is 0 Å². The number of piperidine rings is 1. The Labute approximate surface area is 153 Å². The van der Waals surface area contributed by atoms with Crippen LogP contribution in [0.15, 0.2) is 28.0 Å². The lowest BCUT2D eigenvalue weighted by molar-refractivity contribution is 0.178. The number of furan rings is 1. The van der Waals surface area contributed by atoms with Gasteiger partial charge in [-0.05, 0) is 44.4 Å². The van der Waals surface area contributed by atoms with Crippen LogP contribution >= 0.6 is 0 Å².